The van der Waals surface area contributed by atoms with Gasteiger partial charge in [0, 0.05) is 6.42 Å². The number of carbonyl (C=O) groups excluding carboxylic acids is 1. The van der Waals surface area contributed by atoms with E-state index in [0.717, 1.165) is 18.6 Å². The highest BCUT2D eigenvalue weighted by Crippen LogP contribution is 2.30. The van der Waals surface area contributed by atoms with Crippen molar-refractivity contribution in [3.63, 3.8) is 0 Å². The molecule has 1 heterocycles. The van der Waals surface area contributed by atoms with Crippen LogP contribution in [-0.4, -0.2) is 18.2 Å². The molecule has 3 heteroatoms. The first-order chi connectivity index (χ1) is 6.59. The van der Waals surface area contributed by atoms with Gasteiger partial charge >= 0.3 is 5.97 Å². The van der Waals surface area contributed by atoms with Crippen LogP contribution >= 0.6 is 0 Å². The van der Waals surface area contributed by atoms with Crippen LogP contribution in [0.25, 0.3) is 0 Å². The van der Waals surface area contributed by atoms with Crippen molar-refractivity contribution < 1.29 is 14.3 Å². The molecule has 80 valence electrons. The Balaban J connectivity index is 2.69. The molecule has 0 aromatic carbocycles. The van der Waals surface area contributed by atoms with Crippen LogP contribution in [0.15, 0.2) is 11.8 Å². The van der Waals surface area contributed by atoms with Gasteiger partial charge in [0.15, 0.2) is 0 Å². The molecule has 0 saturated carbocycles. The van der Waals surface area contributed by atoms with Crippen molar-refractivity contribution in [2.45, 2.75) is 45.6 Å². The SMILES string of the molecule is CCCC1(C)CC(OCC)=CC(=O)O1. The second-order valence-corrected chi connectivity index (χ2v) is 3.84. The van der Waals surface area contributed by atoms with E-state index in [0.29, 0.717) is 13.0 Å². The number of rotatable bonds is 4. The Morgan fingerprint density at radius 1 is 1.57 bits per heavy atom. The topological polar surface area (TPSA) is 35.5 Å². The van der Waals surface area contributed by atoms with E-state index >= 15 is 0 Å². The lowest BCUT2D eigenvalue weighted by molar-refractivity contribution is -0.156. The van der Waals surface area contributed by atoms with Gasteiger partial charge in [-0.1, -0.05) is 13.3 Å². The Labute approximate surface area is 85.1 Å². The maximum atomic E-state index is 11.3. The van der Waals surface area contributed by atoms with Crippen molar-refractivity contribution in [1.29, 1.82) is 0 Å². The van der Waals surface area contributed by atoms with Gasteiger partial charge in [0.25, 0.3) is 0 Å². The van der Waals surface area contributed by atoms with Crippen LogP contribution in [0, 0.1) is 0 Å². The largest absolute Gasteiger partial charge is 0.498 e. The van der Waals surface area contributed by atoms with Crippen molar-refractivity contribution in [2.75, 3.05) is 6.61 Å². The third kappa shape index (κ3) is 2.76. The van der Waals surface area contributed by atoms with Crippen molar-refractivity contribution in [2.24, 2.45) is 0 Å². The molecule has 0 bridgehead atoms. The molecule has 1 unspecified atom stereocenters. The van der Waals surface area contributed by atoms with E-state index in [1.807, 2.05) is 13.8 Å². The summed E-state index contributed by atoms with van der Waals surface area (Å²) < 4.78 is 10.7. The summed E-state index contributed by atoms with van der Waals surface area (Å²) in [6, 6.07) is 0. The number of hydrogen-bond acceptors (Lipinski definition) is 3. The van der Waals surface area contributed by atoms with E-state index in [-0.39, 0.29) is 11.6 Å². The van der Waals surface area contributed by atoms with Crippen molar-refractivity contribution in [3.05, 3.63) is 11.8 Å². The van der Waals surface area contributed by atoms with Gasteiger partial charge < -0.3 is 9.47 Å². The highest BCUT2D eigenvalue weighted by atomic mass is 16.6. The van der Waals surface area contributed by atoms with Crippen LogP contribution in [0.1, 0.15) is 40.0 Å². The minimum Gasteiger partial charge on any atom is -0.498 e. The minimum absolute atomic E-state index is 0.282. The second kappa shape index (κ2) is 4.49. The second-order valence-electron chi connectivity index (χ2n) is 3.84. The lowest BCUT2D eigenvalue weighted by atomic mass is 9.93. The summed E-state index contributed by atoms with van der Waals surface area (Å²) in [5, 5.41) is 0. The molecule has 1 atom stereocenters. The van der Waals surface area contributed by atoms with Gasteiger partial charge in [0.2, 0.25) is 0 Å². The summed E-state index contributed by atoms with van der Waals surface area (Å²) in [5.74, 6) is 0.468. The smallest absolute Gasteiger partial charge is 0.334 e. The van der Waals surface area contributed by atoms with Crippen LogP contribution in [0.4, 0.5) is 0 Å². The average molecular weight is 198 g/mol. The number of esters is 1. The monoisotopic (exact) mass is 198 g/mol. The van der Waals surface area contributed by atoms with Gasteiger partial charge in [0.05, 0.1) is 12.7 Å². The van der Waals surface area contributed by atoms with Gasteiger partial charge in [-0.15, -0.1) is 0 Å². The van der Waals surface area contributed by atoms with Crippen molar-refractivity contribution in [3.8, 4) is 0 Å². The Morgan fingerprint density at radius 3 is 2.86 bits per heavy atom. The summed E-state index contributed by atoms with van der Waals surface area (Å²) in [4.78, 5) is 11.3. The summed E-state index contributed by atoms with van der Waals surface area (Å²) in [5.41, 5.74) is -0.370. The fraction of sp³-hybridized carbons (Fsp3) is 0.727. The first-order valence-electron chi connectivity index (χ1n) is 5.16. The first kappa shape index (κ1) is 11.1. The van der Waals surface area contributed by atoms with Gasteiger partial charge in [-0.3, -0.25) is 0 Å². The maximum Gasteiger partial charge on any atom is 0.334 e. The van der Waals surface area contributed by atoms with E-state index in [4.69, 9.17) is 9.47 Å². The third-order valence-corrected chi connectivity index (χ3v) is 2.28. The molecule has 0 fully saturated rings. The predicted molar refractivity (Wildman–Crippen MR) is 53.7 cm³/mol. The Morgan fingerprint density at radius 2 is 2.29 bits per heavy atom. The summed E-state index contributed by atoms with van der Waals surface area (Å²) >= 11 is 0. The highest BCUT2D eigenvalue weighted by Gasteiger charge is 2.33. The minimum atomic E-state index is -0.370. The number of ether oxygens (including phenoxy) is 2. The molecule has 3 nitrogen and oxygen atoms in total. The maximum absolute atomic E-state index is 11.3. The number of carbonyl (C=O) groups is 1. The Hall–Kier alpha value is -0.990. The fourth-order valence-corrected chi connectivity index (χ4v) is 1.81. The van der Waals surface area contributed by atoms with Gasteiger partial charge in [-0.2, -0.15) is 0 Å². The normalized spacial score (nSPS) is 26.8. The standard InChI is InChI=1S/C11H18O3/c1-4-6-11(3)8-9(13-5-2)7-10(12)14-11/h7H,4-6,8H2,1-3H3. The zero-order valence-electron chi connectivity index (χ0n) is 9.13. The molecular weight excluding hydrogens is 180 g/mol. The Bertz CT molecular complexity index is 245. The van der Waals surface area contributed by atoms with Gasteiger partial charge in [0.1, 0.15) is 11.4 Å². The van der Waals surface area contributed by atoms with Crippen LogP contribution in [-0.2, 0) is 14.3 Å². The van der Waals surface area contributed by atoms with E-state index < -0.39 is 0 Å². The molecule has 1 rings (SSSR count). The molecule has 0 N–H and O–H groups in total. The van der Waals surface area contributed by atoms with E-state index in [9.17, 15) is 4.79 Å². The third-order valence-electron chi connectivity index (χ3n) is 2.28. The lowest BCUT2D eigenvalue weighted by Gasteiger charge is -2.32. The summed E-state index contributed by atoms with van der Waals surface area (Å²) in [6.45, 7) is 6.55. The van der Waals surface area contributed by atoms with E-state index in [2.05, 4.69) is 6.92 Å². The molecule has 0 aliphatic carbocycles. The van der Waals surface area contributed by atoms with Crippen molar-refractivity contribution in [1.82, 2.24) is 0 Å². The molecule has 0 amide bonds. The molecule has 1 aliphatic rings. The highest BCUT2D eigenvalue weighted by molar-refractivity contribution is 5.83. The zero-order chi connectivity index (χ0) is 10.6. The molecule has 14 heavy (non-hydrogen) atoms. The summed E-state index contributed by atoms with van der Waals surface area (Å²) in [7, 11) is 0. The van der Waals surface area contributed by atoms with E-state index in [1.54, 1.807) is 0 Å². The van der Waals surface area contributed by atoms with Gasteiger partial charge in [-0.25, -0.2) is 4.79 Å². The summed E-state index contributed by atoms with van der Waals surface area (Å²) in [6.07, 6.45) is 4.02. The zero-order valence-corrected chi connectivity index (χ0v) is 9.13. The average Bonchev–Trinajstić information content (AvgIpc) is 2.02. The molecule has 0 radical (unpaired) electrons. The molecule has 0 saturated heterocycles. The van der Waals surface area contributed by atoms with E-state index in [1.165, 1.54) is 6.08 Å². The molecule has 0 aromatic rings. The van der Waals surface area contributed by atoms with Crippen molar-refractivity contribution >= 4 is 5.97 Å². The molecular formula is C11H18O3. The van der Waals surface area contributed by atoms with Crippen LogP contribution in [0.5, 0.6) is 0 Å². The number of hydrogen-bond donors (Lipinski definition) is 0. The van der Waals surface area contributed by atoms with Crippen LogP contribution < -0.4 is 0 Å². The number of cyclic esters (lactones) is 1. The quantitative estimate of drug-likeness (QED) is 0.651. The van der Waals surface area contributed by atoms with Crippen LogP contribution in [0.2, 0.25) is 0 Å². The van der Waals surface area contributed by atoms with Crippen LogP contribution in [0.3, 0.4) is 0 Å². The fourth-order valence-electron chi connectivity index (χ4n) is 1.81. The molecule has 0 aromatic heterocycles. The Kier molecular flexibility index (Phi) is 3.55. The molecule has 1 aliphatic heterocycles. The predicted octanol–water partition coefficient (Wildman–Crippen LogP) is 2.41. The van der Waals surface area contributed by atoms with Gasteiger partial charge in [-0.05, 0) is 20.3 Å². The first-order valence-corrected chi connectivity index (χ1v) is 5.16. The lowest BCUT2D eigenvalue weighted by Crippen LogP contribution is -2.35. The molecule has 0 spiro atoms.